The third-order valence-corrected chi connectivity index (χ3v) is 7.97. The van der Waals surface area contributed by atoms with Crippen molar-refractivity contribution in [3.05, 3.63) is 48.2 Å². The molecule has 5 N–H and O–H groups in total. The fraction of sp³-hybridized carbons (Fsp3) is 0.579. The van der Waals surface area contributed by atoms with Crippen LogP contribution in [0, 0.1) is 17.8 Å². The maximum Gasteiger partial charge on any atom is 0.408 e. The van der Waals surface area contributed by atoms with Crippen molar-refractivity contribution in [2.45, 2.75) is 118 Å². The maximum absolute atomic E-state index is 14.0. The zero-order chi connectivity index (χ0) is 39.3. The predicted octanol–water partition coefficient (Wildman–Crippen LogP) is 3.87. The summed E-state index contributed by atoms with van der Waals surface area (Å²) in [5, 5.41) is 13.4. The second kappa shape index (κ2) is 19.7. The van der Waals surface area contributed by atoms with Gasteiger partial charge in [-0.25, -0.2) is 9.59 Å². The number of ether oxygens (including phenoxy) is 2. The van der Waals surface area contributed by atoms with E-state index < -0.39 is 77.4 Å². The Labute approximate surface area is 306 Å². The lowest BCUT2D eigenvalue weighted by atomic mass is 9.98. The van der Waals surface area contributed by atoms with Gasteiger partial charge in [-0.15, -0.1) is 0 Å². The summed E-state index contributed by atoms with van der Waals surface area (Å²) in [6.07, 6.45) is 1.04. The Hall–Kier alpha value is -4.88. The minimum Gasteiger partial charge on any atom is -0.467 e. The Bertz CT molecular complexity index is 1500. The van der Waals surface area contributed by atoms with E-state index in [-0.39, 0.29) is 24.7 Å². The van der Waals surface area contributed by atoms with Crippen LogP contribution in [0.4, 0.5) is 4.79 Å². The van der Waals surface area contributed by atoms with Crippen molar-refractivity contribution in [1.82, 2.24) is 26.6 Å². The molecule has 0 saturated carbocycles. The molecule has 288 valence electrons. The smallest absolute Gasteiger partial charge is 0.408 e. The molecule has 14 nitrogen and oxygen atoms in total. The third-order valence-electron chi connectivity index (χ3n) is 7.97. The van der Waals surface area contributed by atoms with Crippen LogP contribution in [0.1, 0.15) is 81.2 Å². The van der Waals surface area contributed by atoms with Crippen LogP contribution in [-0.2, 0) is 39.9 Å². The van der Waals surface area contributed by atoms with E-state index in [0.717, 1.165) is 5.56 Å². The van der Waals surface area contributed by atoms with Gasteiger partial charge in [-0.2, -0.15) is 0 Å². The molecule has 0 unspecified atom stereocenters. The van der Waals surface area contributed by atoms with Crippen LogP contribution in [0.25, 0.3) is 11.3 Å². The molecule has 5 amide bonds. The number of benzene rings is 1. The normalized spacial score (nSPS) is 14.4. The number of amides is 5. The fourth-order valence-electron chi connectivity index (χ4n) is 5.17. The van der Waals surface area contributed by atoms with Gasteiger partial charge in [0, 0.05) is 12.0 Å². The first-order valence-electron chi connectivity index (χ1n) is 17.6. The Morgan fingerprint density at radius 2 is 1.25 bits per heavy atom. The number of nitrogens with one attached hydrogen (secondary N) is 5. The monoisotopic (exact) mass is 727 g/mol. The largest absolute Gasteiger partial charge is 0.467 e. The molecule has 1 aromatic heterocycles. The van der Waals surface area contributed by atoms with Gasteiger partial charge in [-0.3, -0.25) is 19.2 Å². The first kappa shape index (κ1) is 43.3. The van der Waals surface area contributed by atoms with E-state index in [0.29, 0.717) is 11.3 Å². The van der Waals surface area contributed by atoms with Gasteiger partial charge < -0.3 is 40.5 Å². The van der Waals surface area contributed by atoms with Crippen LogP contribution in [0.5, 0.6) is 0 Å². The molecule has 1 heterocycles. The van der Waals surface area contributed by atoms with Gasteiger partial charge in [-0.1, -0.05) is 65.8 Å². The van der Waals surface area contributed by atoms with Gasteiger partial charge in [0.2, 0.25) is 23.6 Å². The topological polar surface area (TPSA) is 194 Å². The molecule has 2 aromatic rings. The minimum atomic E-state index is -1.18. The standard InChI is InChI=1S/C38H57N5O9/c1-21(2)19-27(40-32(44)24(7)39-37(49)52-38(8,9)10)33(45)41-28(20-25-14-16-26(17-15-25)29-13-12-18-51-29)34(46)42-30(22(3)4)35(47)43-31(23(5)6)36(48)50-11/h12-18,21-24,27-28,30-31H,19-20H2,1-11H3,(H,39,49)(H,40,44)(H,41,45)(H,42,46)(H,43,47)/t24-,27-,28-,30+,31-/m0/s1. The molecule has 0 saturated heterocycles. The highest BCUT2D eigenvalue weighted by Crippen LogP contribution is 2.21. The zero-order valence-corrected chi connectivity index (χ0v) is 32.2. The number of carbonyl (C=O) groups is 6. The summed E-state index contributed by atoms with van der Waals surface area (Å²) in [7, 11) is 1.23. The highest BCUT2D eigenvalue weighted by Gasteiger charge is 2.34. The number of furan rings is 1. The SMILES string of the molecule is COC(=O)[C@@H](NC(=O)[C@H](NC(=O)[C@H](Cc1ccc(-c2ccco2)cc1)NC(=O)[C@H](CC(C)C)NC(=O)[C@H](C)NC(=O)OC(C)(C)C)C(C)C)C(C)C. The van der Waals surface area contributed by atoms with Crippen molar-refractivity contribution in [2.24, 2.45) is 17.8 Å². The summed E-state index contributed by atoms with van der Waals surface area (Å²) in [4.78, 5) is 79.2. The lowest BCUT2D eigenvalue weighted by Gasteiger charge is -2.29. The molecule has 52 heavy (non-hydrogen) atoms. The summed E-state index contributed by atoms with van der Waals surface area (Å²) in [6.45, 7) is 17.3. The first-order valence-corrected chi connectivity index (χ1v) is 17.6. The molecule has 0 aliphatic rings. The maximum atomic E-state index is 14.0. The lowest BCUT2D eigenvalue weighted by Crippen LogP contribution is -2.60. The number of hydrogen-bond donors (Lipinski definition) is 5. The fourth-order valence-corrected chi connectivity index (χ4v) is 5.17. The van der Waals surface area contributed by atoms with Crippen molar-refractivity contribution in [1.29, 1.82) is 0 Å². The number of methoxy groups -OCH3 is 1. The van der Waals surface area contributed by atoms with Crippen molar-refractivity contribution in [3.63, 3.8) is 0 Å². The number of carbonyl (C=O) groups excluding carboxylic acids is 6. The van der Waals surface area contributed by atoms with E-state index in [1.807, 2.05) is 32.0 Å². The van der Waals surface area contributed by atoms with E-state index in [1.165, 1.54) is 14.0 Å². The van der Waals surface area contributed by atoms with Gasteiger partial charge in [-0.05, 0) is 69.6 Å². The molecule has 2 rings (SSSR count). The van der Waals surface area contributed by atoms with Crippen LogP contribution in [-0.4, -0.2) is 78.6 Å². The molecular formula is C38H57N5O9. The second-order valence-electron chi connectivity index (χ2n) is 15.0. The molecule has 14 heteroatoms. The molecule has 0 bridgehead atoms. The number of alkyl carbamates (subject to hydrolysis) is 1. The van der Waals surface area contributed by atoms with Crippen LogP contribution in [0.3, 0.4) is 0 Å². The summed E-state index contributed by atoms with van der Waals surface area (Å²) in [5.41, 5.74) is 0.739. The molecule has 5 atom stereocenters. The number of rotatable bonds is 17. The van der Waals surface area contributed by atoms with Crippen molar-refractivity contribution in [3.8, 4) is 11.3 Å². The Morgan fingerprint density at radius 1 is 0.692 bits per heavy atom. The van der Waals surface area contributed by atoms with Crippen LogP contribution >= 0.6 is 0 Å². The molecule has 0 aliphatic heterocycles. The van der Waals surface area contributed by atoms with E-state index in [1.54, 1.807) is 72.9 Å². The van der Waals surface area contributed by atoms with E-state index in [9.17, 15) is 28.8 Å². The van der Waals surface area contributed by atoms with Crippen molar-refractivity contribution >= 4 is 35.7 Å². The predicted molar refractivity (Wildman–Crippen MR) is 196 cm³/mol. The van der Waals surface area contributed by atoms with Crippen LogP contribution in [0.2, 0.25) is 0 Å². The molecule has 0 aliphatic carbocycles. The van der Waals surface area contributed by atoms with E-state index in [2.05, 4.69) is 26.6 Å². The van der Waals surface area contributed by atoms with E-state index in [4.69, 9.17) is 13.9 Å². The average molecular weight is 728 g/mol. The summed E-state index contributed by atoms with van der Waals surface area (Å²) >= 11 is 0. The van der Waals surface area contributed by atoms with Gasteiger partial charge in [0.25, 0.3) is 0 Å². The Balaban J connectivity index is 2.37. The number of hydrogen-bond acceptors (Lipinski definition) is 9. The summed E-state index contributed by atoms with van der Waals surface area (Å²) < 4.78 is 15.6. The average Bonchev–Trinajstić information content (AvgIpc) is 3.59. The van der Waals surface area contributed by atoms with Crippen molar-refractivity contribution in [2.75, 3.05) is 7.11 Å². The molecular weight excluding hydrogens is 670 g/mol. The lowest BCUT2D eigenvalue weighted by molar-refractivity contribution is -0.147. The Kier molecular flexibility index (Phi) is 16.4. The quantitative estimate of drug-likeness (QED) is 0.150. The van der Waals surface area contributed by atoms with Gasteiger partial charge >= 0.3 is 12.1 Å². The van der Waals surface area contributed by atoms with Gasteiger partial charge in [0.15, 0.2) is 0 Å². The third kappa shape index (κ3) is 14.0. The zero-order valence-electron chi connectivity index (χ0n) is 32.2. The molecule has 0 fully saturated rings. The minimum absolute atomic E-state index is 0.0377. The molecule has 1 aromatic carbocycles. The Morgan fingerprint density at radius 3 is 1.75 bits per heavy atom. The highest BCUT2D eigenvalue weighted by molar-refractivity contribution is 5.96. The summed E-state index contributed by atoms with van der Waals surface area (Å²) in [5.74, 6) is -3.16. The number of esters is 1. The van der Waals surface area contributed by atoms with Gasteiger partial charge in [0.05, 0.1) is 13.4 Å². The molecule has 0 spiro atoms. The highest BCUT2D eigenvalue weighted by atomic mass is 16.6. The van der Waals surface area contributed by atoms with Crippen LogP contribution < -0.4 is 26.6 Å². The molecule has 0 radical (unpaired) electrons. The first-order chi connectivity index (χ1) is 24.2. The van der Waals surface area contributed by atoms with E-state index >= 15 is 0 Å². The van der Waals surface area contributed by atoms with Crippen molar-refractivity contribution < 1.29 is 42.7 Å². The van der Waals surface area contributed by atoms with Gasteiger partial charge in [0.1, 0.15) is 41.6 Å². The van der Waals surface area contributed by atoms with Crippen LogP contribution in [0.15, 0.2) is 47.1 Å². The summed E-state index contributed by atoms with van der Waals surface area (Å²) in [6, 6.07) is 5.57. The second-order valence-corrected chi connectivity index (χ2v) is 15.0.